The topological polar surface area (TPSA) is 69.6 Å². The molecule has 4 heteroatoms. The van der Waals surface area contributed by atoms with Crippen LogP contribution in [0.25, 0.3) is 0 Å². The Morgan fingerprint density at radius 1 is 1.38 bits per heavy atom. The van der Waals surface area contributed by atoms with Crippen LogP contribution in [0.2, 0.25) is 0 Å². The Balaban J connectivity index is 0.000000424. The molecule has 0 saturated carbocycles. The van der Waals surface area contributed by atoms with Gasteiger partial charge in [0.1, 0.15) is 5.75 Å². The van der Waals surface area contributed by atoms with Gasteiger partial charge in [-0.05, 0) is 32.3 Å². The maximum Gasteiger partial charge on any atom is 0.335 e. The number of carbonyl (C=O) groups is 1. The fourth-order valence-electron chi connectivity index (χ4n) is 0.639. The van der Waals surface area contributed by atoms with E-state index in [0.717, 1.165) is 0 Å². The SMILES string of the molecule is CNC.O=C(O)c1cccc(O)c1. The fourth-order valence-corrected chi connectivity index (χ4v) is 0.639. The molecule has 13 heavy (non-hydrogen) atoms. The first-order chi connectivity index (χ1) is 6.11. The standard InChI is InChI=1S/C7H6O3.C2H7N/c8-6-3-1-2-5(4-6)7(9)10;1-3-2/h1-4,8H,(H,9,10);3H,1-2H3. The molecule has 0 radical (unpaired) electrons. The molecule has 0 aliphatic rings. The average Bonchev–Trinajstić information content (AvgIpc) is 2.05. The van der Waals surface area contributed by atoms with Gasteiger partial charge in [0, 0.05) is 0 Å². The number of carboxylic acids is 1. The zero-order chi connectivity index (χ0) is 10.3. The Bertz CT molecular complexity index is 273. The van der Waals surface area contributed by atoms with Gasteiger partial charge in [-0.15, -0.1) is 0 Å². The monoisotopic (exact) mass is 183 g/mol. The third-order valence-electron chi connectivity index (χ3n) is 1.09. The molecule has 0 amide bonds. The van der Waals surface area contributed by atoms with Gasteiger partial charge < -0.3 is 15.5 Å². The number of hydrogen-bond acceptors (Lipinski definition) is 3. The fraction of sp³-hybridized carbons (Fsp3) is 0.222. The van der Waals surface area contributed by atoms with E-state index in [1.165, 1.54) is 24.3 Å². The van der Waals surface area contributed by atoms with Crippen LogP contribution < -0.4 is 5.32 Å². The highest BCUT2D eigenvalue weighted by atomic mass is 16.4. The summed E-state index contributed by atoms with van der Waals surface area (Å²) in [5.74, 6) is -1.06. The van der Waals surface area contributed by atoms with E-state index in [1.807, 2.05) is 14.1 Å². The molecule has 1 aromatic rings. The van der Waals surface area contributed by atoms with Crippen LogP contribution in [0.3, 0.4) is 0 Å². The number of rotatable bonds is 1. The molecule has 72 valence electrons. The van der Waals surface area contributed by atoms with E-state index >= 15 is 0 Å². The van der Waals surface area contributed by atoms with Crippen molar-refractivity contribution in [1.82, 2.24) is 5.32 Å². The van der Waals surface area contributed by atoms with Crippen molar-refractivity contribution in [2.75, 3.05) is 14.1 Å². The van der Waals surface area contributed by atoms with Crippen molar-refractivity contribution in [2.45, 2.75) is 0 Å². The Kier molecular flexibility index (Phi) is 5.30. The van der Waals surface area contributed by atoms with E-state index in [1.54, 1.807) is 0 Å². The molecule has 0 bridgehead atoms. The smallest absolute Gasteiger partial charge is 0.335 e. The number of phenols is 1. The highest BCUT2D eigenvalue weighted by molar-refractivity contribution is 5.87. The lowest BCUT2D eigenvalue weighted by molar-refractivity contribution is 0.0696. The van der Waals surface area contributed by atoms with Gasteiger partial charge in [0.05, 0.1) is 5.56 Å². The van der Waals surface area contributed by atoms with E-state index < -0.39 is 5.97 Å². The normalized spacial score (nSPS) is 8.46. The van der Waals surface area contributed by atoms with Crippen LogP contribution in [0, 0.1) is 0 Å². The van der Waals surface area contributed by atoms with Crippen LogP contribution in [0.5, 0.6) is 5.75 Å². The third kappa shape index (κ3) is 4.81. The molecular formula is C9H13NO3. The van der Waals surface area contributed by atoms with Gasteiger partial charge in [-0.1, -0.05) is 6.07 Å². The maximum absolute atomic E-state index is 10.2. The highest BCUT2D eigenvalue weighted by Gasteiger charge is 2.00. The van der Waals surface area contributed by atoms with E-state index in [-0.39, 0.29) is 11.3 Å². The van der Waals surface area contributed by atoms with Gasteiger partial charge in [-0.3, -0.25) is 0 Å². The molecule has 0 aliphatic carbocycles. The summed E-state index contributed by atoms with van der Waals surface area (Å²) >= 11 is 0. The van der Waals surface area contributed by atoms with Crippen molar-refractivity contribution >= 4 is 5.97 Å². The van der Waals surface area contributed by atoms with Crippen LogP contribution in [0.1, 0.15) is 10.4 Å². The summed E-state index contributed by atoms with van der Waals surface area (Å²) in [4.78, 5) is 10.2. The molecule has 0 saturated heterocycles. The Hall–Kier alpha value is -1.55. The molecule has 0 unspecified atom stereocenters. The van der Waals surface area contributed by atoms with Gasteiger partial charge >= 0.3 is 5.97 Å². The number of aromatic carboxylic acids is 1. The number of hydrogen-bond donors (Lipinski definition) is 3. The highest BCUT2D eigenvalue weighted by Crippen LogP contribution is 2.09. The van der Waals surface area contributed by atoms with Gasteiger partial charge in [-0.2, -0.15) is 0 Å². The first-order valence-electron chi connectivity index (χ1n) is 3.72. The molecular weight excluding hydrogens is 170 g/mol. The summed E-state index contributed by atoms with van der Waals surface area (Å²) in [6, 6.07) is 5.52. The van der Waals surface area contributed by atoms with Crippen molar-refractivity contribution in [1.29, 1.82) is 0 Å². The lowest BCUT2D eigenvalue weighted by atomic mass is 10.2. The van der Waals surface area contributed by atoms with Crippen LogP contribution in [-0.2, 0) is 0 Å². The molecule has 0 aliphatic heterocycles. The lowest BCUT2D eigenvalue weighted by Crippen LogP contribution is -1.94. The largest absolute Gasteiger partial charge is 0.508 e. The summed E-state index contributed by atoms with van der Waals surface area (Å²) in [6.07, 6.45) is 0. The van der Waals surface area contributed by atoms with Gasteiger partial charge in [-0.25, -0.2) is 4.79 Å². The van der Waals surface area contributed by atoms with Crippen molar-refractivity contribution in [3.8, 4) is 5.75 Å². The molecule has 0 atom stereocenters. The molecule has 0 heterocycles. The van der Waals surface area contributed by atoms with E-state index in [0.29, 0.717) is 0 Å². The molecule has 0 spiro atoms. The summed E-state index contributed by atoms with van der Waals surface area (Å²) in [5, 5.41) is 19.9. The first kappa shape index (κ1) is 11.4. The minimum Gasteiger partial charge on any atom is -0.508 e. The molecule has 0 fully saturated rings. The van der Waals surface area contributed by atoms with Gasteiger partial charge in [0.15, 0.2) is 0 Å². The Morgan fingerprint density at radius 2 is 1.92 bits per heavy atom. The predicted molar refractivity (Wildman–Crippen MR) is 50.0 cm³/mol. The van der Waals surface area contributed by atoms with Crippen LogP contribution >= 0.6 is 0 Å². The number of aromatic hydroxyl groups is 1. The Morgan fingerprint density at radius 3 is 2.23 bits per heavy atom. The van der Waals surface area contributed by atoms with Crippen molar-refractivity contribution in [3.05, 3.63) is 29.8 Å². The van der Waals surface area contributed by atoms with Gasteiger partial charge in [0.2, 0.25) is 0 Å². The summed E-state index contributed by atoms with van der Waals surface area (Å²) in [7, 11) is 3.75. The van der Waals surface area contributed by atoms with E-state index in [9.17, 15) is 4.79 Å². The zero-order valence-electron chi connectivity index (χ0n) is 7.61. The summed E-state index contributed by atoms with van der Waals surface area (Å²) < 4.78 is 0. The summed E-state index contributed by atoms with van der Waals surface area (Å²) in [5.41, 5.74) is 0.0972. The second-order valence-electron chi connectivity index (χ2n) is 2.36. The molecule has 0 aromatic heterocycles. The minimum absolute atomic E-state index is 0.0279. The van der Waals surface area contributed by atoms with Gasteiger partial charge in [0.25, 0.3) is 0 Å². The molecule has 4 nitrogen and oxygen atoms in total. The average molecular weight is 183 g/mol. The minimum atomic E-state index is -1.03. The van der Waals surface area contributed by atoms with Crippen molar-refractivity contribution in [2.24, 2.45) is 0 Å². The van der Waals surface area contributed by atoms with Crippen LogP contribution in [0.4, 0.5) is 0 Å². The summed E-state index contributed by atoms with van der Waals surface area (Å²) in [6.45, 7) is 0. The third-order valence-corrected chi connectivity index (χ3v) is 1.09. The van der Waals surface area contributed by atoms with Crippen LogP contribution in [0.15, 0.2) is 24.3 Å². The van der Waals surface area contributed by atoms with Crippen molar-refractivity contribution in [3.63, 3.8) is 0 Å². The van der Waals surface area contributed by atoms with Crippen LogP contribution in [-0.4, -0.2) is 30.3 Å². The molecule has 3 N–H and O–H groups in total. The number of carboxylic acid groups (broad SMARTS) is 1. The lowest BCUT2D eigenvalue weighted by Gasteiger charge is -1.92. The Labute approximate surface area is 76.8 Å². The second-order valence-corrected chi connectivity index (χ2v) is 2.36. The number of phenolic OH excluding ortho intramolecular Hbond substituents is 1. The molecule has 1 aromatic carbocycles. The number of benzene rings is 1. The number of nitrogens with one attached hydrogen (secondary N) is 1. The zero-order valence-corrected chi connectivity index (χ0v) is 7.61. The van der Waals surface area contributed by atoms with Crippen molar-refractivity contribution < 1.29 is 15.0 Å². The van der Waals surface area contributed by atoms with E-state index in [2.05, 4.69) is 5.32 Å². The predicted octanol–water partition coefficient (Wildman–Crippen LogP) is 0.926. The molecule has 1 rings (SSSR count). The second kappa shape index (κ2) is 6.02. The maximum atomic E-state index is 10.2. The first-order valence-corrected chi connectivity index (χ1v) is 3.72. The quantitative estimate of drug-likeness (QED) is 0.605. The van der Waals surface area contributed by atoms with E-state index in [4.69, 9.17) is 10.2 Å².